The molecule has 0 heterocycles. The van der Waals surface area contributed by atoms with Gasteiger partial charge in [-0.3, -0.25) is 9.59 Å². The summed E-state index contributed by atoms with van der Waals surface area (Å²) in [5.41, 5.74) is -0.936. The van der Waals surface area contributed by atoms with E-state index in [1.807, 2.05) is 13.0 Å². The molecule has 2 bridgehead atoms. The lowest BCUT2D eigenvalue weighted by Crippen LogP contribution is -2.33. The van der Waals surface area contributed by atoms with Gasteiger partial charge >= 0.3 is 0 Å². The summed E-state index contributed by atoms with van der Waals surface area (Å²) >= 11 is 0. The van der Waals surface area contributed by atoms with E-state index in [-0.39, 0.29) is 29.8 Å². The van der Waals surface area contributed by atoms with Crippen LogP contribution in [0.3, 0.4) is 0 Å². The smallest absolute Gasteiger partial charge is 0.153 e. The molecule has 0 saturated heterocycles. The minimum Gasteiger partial charge on any atom is -0.299 e. The summed E-state index contributed by atoms with van der Waals surface area (Å²) in [7, 11) is 0. The minimum atomic E-state index is -0.936. The van der Waals surface area contributed by atoms with Crippen molar-refractivity contribution in [1.82, 2.24) is 0 Å². The third-order valence-electron chi connectivity index (χ3n) is 3.40. The summed E-state index contributed by atoms with van der Waals surface area (Å²) in [6.45, 7) is 1.92. The molecule has 0 N–H and O–H groups in total. The molecule has 0 aromatic rings. The summed E-state index contributed by atoms with van der Waals surface area (Å²) in [5.74, 6) is 0.200. The molecular weight excluding hydrogens is 166 g/mol. The van der Waals surface area contributed by atoms with Gasteiger partial charge in [-0.1, -0.05) is 6.92 Å². The number of Topliss-reactive ketones (excluding diaryl/α,β-unsaturated/α-hetero) is 2. The zero-order chi connectivity index (χ0) is 9.64. The second kappa shape index (κ2) is 2.41. The van der Waals surface area contributed by atoms with Gasteiger partial charge < -0.3 is 0 Å². The Balaban J connectivity index is 2.41. The maximum Gasteiger partial charge on any atom is 0.153 e. The van der Waals surface area contributed by atoms with Crippen LogP contribution in [0.2, 0.25) is 0 Å². The van der Waals surface area contributed by atoms with Gasteiger partial charge in [-0.05, 0) is 12.3 Å². The van der Waals surface area contributed by atoms with Crippen LogP contribution in [0.25, 0.3) is 0 Å². The van der Waals surface area contributed by atoms with Gasteiger partial charge in [-0.25, -0.2) is 0 Å². The van der Waals surface area contributed by atoms with Crippen LogP contribution >= 0.6 is 0 Å². The Bertz CT molecular complexity index is 328. The van der Waals surface area contributed by atoms with Crippen LogP contribution in [0.1, 0.15) is 26.2 Å². The van der Waals surface area contributed by atoms with Gasteiger partial charge in [0.15, 0.2) is 5.78 Å². The number of hydrogen-bond donors (Lipinski definition) is 0. The van der Waals surface area contributed by atoms with Crippen molar-refractivity contribution in [3.63, 3.8) is 0 Å². The highest BCUT2D eigenvalue weighted by atomic mass is 16.1. The van der Waals surface area contributed by atoms with Crippen LogP contribution in [0.5, 0.6) is 0 Å². The number of ketones is 2. The summed E-state index contributed by atoms with van der Waals surface area (Å²) in [6.07, 6.45) is 1.05. The Labute approximate surface area is 76.7 Å². The van der Waals surface area contributed by atoms with Crippen molar-refractivity contribution in [3.8, 4) is 6.07 Å². The van der Waals surface area contributed by atoms with E-state index in [0.29, 0.717) is 12.8 Å². The Hall–Kier alpha value is -1.17. The van der Waals surface area contributed by atoms with E-state index in [1.54, 1.807) is 0 Å². The van der Waals surface area contributed by atoms with Crippen molar-refractivity contribution < 1.29 is 9.59 Å². The maximum atomic E-state index is 11.6. The van der Waals surface area contributed by atoms with Crippen molar-refractivity contribution in [2.24, 2.45) is 17.3 Å². The number of rotatable bonds is 0. The van der Waals surface area contributed by atoms with E-state index in [1.165, 1.54) is 0 Å². The second-order valence-electron chi connectivity index (χ2n) is 4.25. The van der Waals surface area contributed by atoms with Crippen LogP contribution in [-0.2, 0) is 9.59 Å². The van der Waals surface area contributed by atoms with Crippen LogP contribution in [0.15, 0.2) is 0 Å². The SMILES string of the molecule is CC1CC(=O)C2(C#N)CC(=O)C1C2. The monoisotopic (exact) mass is 177 g/mol. The van der Waals surface area contributed by atoms with Gasteiger partial charge in [0.05, 0.1) is 6.07 Å². The highest BCUT2D eigenvalue weighted by Gasteiger charge is 2.55. The molecule has 2 fully saturated rings. The van der Waals surface area contributed by atoms with E-state index in [2.05, 4.69) is 0 Å². The molecule has 0 aromatic heterocycles. The highest BCUT2D eigenvalue weighted by Crippen LogP contribution is 2.49. The molecule has 0 aliphatic heterocycles. The van der Waals surface area contributed by atoms with Gasteiger partial charge in [-0.2, -0.15) is 5.26 Å². The van der Waals surface area contributed by atoms with Crippen LogP contribution in [0.4, 0.5) is 0 Å². The predicted molar refractivity (Wildman–Crippen MR) is 44.6 cm³/mol. The Kier molecular flexibility index (Phi) is 1.56. The zero-order valence-corrected chi connectivity index (χ0v) is 7.54. The van der Waals surface area contributed by atoms with Gasteiger partial charge in [0.2, 0.25) is 0 Å². The summed E-state index contributed by atoms with van der Waals surface area (Å²) in [5, 5.41) is 8.92. The topological polar surface area (TPSA) is 57.9 Å². The Morgan fingerprint density at radius 1 is 1.54 bits per heavy atom. The molecule has 2 rings (SSSR count). The number of nitrogens with zero attached hydrogens (tertiary/aromatic N) is 1. The molecule has 3 heteroatoms. The molecule has 68 valence electrons. The van der Waals surface area contributed by atoms with Crippen LogP contribution in [0, 0.1) is 28.6 Å². The molecule has 2 aliphatic rings. The second-order valence-corrected chi connectivity index (χ2v) is 4.25. The van der Waals surface area contributed by atoms with Crippen LogP contribution in [-0.4, -0.2) is 11.6 Å². The van der Waals surface area contributed by atoms with Gasteiger partial charge in [-0.15, -0.1) is 0 Å². The minimum absolute atomic E-state index is 0.0235. The van der Waals surface area contributed by atoms with E-state index < -0.39 is 5.41 Å². The van der Waals surface area contributed by atoms with E-state index >= 15 is 0 Å². The molecule has 2 aliphatic carbocycles. The Morgan fingerprint density at radius 3 is 2.85 bits per heavy atom. The molecular formula is C10H11NO2. The van der Waals surface area contributed by atoms with E-state index in [9.17, 15) is 9.59 Å². The lowest BCUT2D eigenvalue weighted by Gasteiger charge is -2.27. The average molecular weight is 177 g/mol. The number of carbonyl (C=O) groups is 2. The lowest BCUT2D eigenvalue weighted by molar-refractivity contribution is -0.128. The third-order valence-corrected chi connectivity index (χ3v) is 3.40. The molecule has 3 atom stereocenters. The predicted octanol–water partition coefficient (Wildman–Crippen LogP) is 1.08. The quantitative estimate of drug-likeness (QED) is 0.556. The maximum absolute atomic E-state index is 11.6. The molecule has 0 amide bonds. The third kappa shape index (κ3) is 0.949. The first-order valence-electron chi connectivity index (χ1n) is 4.56. The number of hydrogen-bond acceptors (Lipinski definition) is 3. The van der Waals surface area contributed by atoms with Crippen LogP contribution < -0.4 is 0 Å². The van der Waals surface area contributed by atoms with E-state index in [0.717, 1.165) is 0 Å². The van der Waals surface area contributed by atoms with Crippen molar-refractivity contribution in [2.75, 3.05) is 0 Å². The van der Waals surface area contributed by atoms with Crippen molar-refractivity contribution in [2.45, 2.75) is 26.2 Å². The standard InChI is InChI=1S/C10H11NO2/c1-6-2-9(13)10(5-11)3-7(6)8(12)4-10/h6-7H,2-4H2,1H3. The van der Waals surface area contributed by atoms with Gasteiger partial charge in [0.1, 0.15) is 11.2 Å². The van der Waals surface area contributed by atoms with Crippen molar-refractivity contribution in [1.29, 1.82) is 5.26 Å². The summed E-state index contributed by atoms with van der Waals surface area (Å²) in [4.78, 5) is 23.1. The lowest BCUT2D eigenvalue weighted by atomic mass is 9.72. The molecule has 2 saturated carbocycles. The first-order chi connectivity index (χ1) is 6.09. The molecule has 3 nitrogen and oxygen atoms in total. The fourth-order valence-corrected chi connectivity index (χ4v) is 2.50. The number of fused-ring (bicyclic) bond motifs is 2. The largest absolute Gasteiger partial charge is 0.299 e. The summed E-state index contributed by atoms with van der Waals surface area (Å²) < 4.78 is 0. The first kappa shape index (κ1) is 8.43. The fourth-order valence-electron chi connectivity index (χ4n) is 2.50. The molecule has 0 spiro atoms. The number of nitriles is 1. The van der Waals surface area contributed by atoms with Crippen molar-refractivity contribution >= 4 is 11.6 Å². The normalized spacial score (nSPS) is 43.4. The number of carbonyl (C=O) groups excluding carboxylic acids is 2. The zero-order valence-electron chi connectivity index (χ0n) is 7.54. The average Bonchev–Trinajstić information content (AvgIpc) is 2.39. The molecule has 3 unspecified atom stereocenters. The fraction of sp³-hybridized carbons (Fsp3) is 0.700. The van der Waals surface area contributed by atoms with E-state index in [4.69, 9.17) is 5.26 Å². The highest BCUT2D eigenvalue weighted by molar-refractivity contribution is 6.00. The Morgan fingerprint density at radius 2 is 2.23 bits per heavy atom. The summed E-state index contributed by atoms with van der Waals surface area (Å²) in [6, 6.07) is 2.04. The molecule has 13 heavy (non-hydrogen) atoms. The van der Waals surface area contributed by atoms with Crippen molar-refractivity contribution in [3.05, 3.63) is 0 Å². The van der Waals surface area contributed by atoms with Gasteiger partial charge in [0, 0.05) is 18.8 Å². The molecule has 0 aromatic carbocycles. The van der Waals surface area contributed by atoms with Gasteiger partial charge in [0.25, 0.3) is 0 Å². The molecule has 0 radical (unpaired) electrons. The first-order valence-corrected chi connectivity index (χ1v) is 4.56.